The van der Waals surface area contributed by atoms with Crippen LogP contribution in [0.15, 0.2) is 18.2 Å². The minimum Gasteiger partial charge on any atom is -0.408 e. The predicted octanol–water partition coefficient (Wildman–Crippen LogP) is 2.41. The third-order valence-corrected chi connectivity index (χ3v) is 5.30. The fourth-order valence-electron chi connectivity index (χ4n) is 3.77. The van der Waals surface area contributed by atoms with Gasteiger partial charge in [-0.3, -0.25) is 0 Å². The van der Waals surface area contributed by atoms with E-state index < -0.39 is 22.7 Å². The highest BCUT2D eigenvalue weighted by Crippen LogP contribution is 2.34. The number of quaternary nitrogens is 1. The molecule has 2 N–H and O–H groups in total. The number of hydrogen-bond donors (Lipinski definition) is 2. The summed E-state index contributed by atoms with van der Waals surface area (Å²) in [6.07, 6.45) is 0.152. The molecular weight excluding hydrogens is 341 g/mol. The van der Waals surface area contributed by atoms with Gasteiger partial charge < -0.3 is 14.7 Å². The molecule has 0 spiro atoms. The average molecular weight is 364 g/mol. The first-order valence-electron chi connectivity index (χ1n) is 8.76. The van der Waals surface area contributed by atoms with Crippen molar-refractivity contribution in [1.29, 1.82) is 5.26 Å². The number of anilines is 1. The van der Waals surface area contributed by atoms with Crippen LogP contribution >= 0.6 is 0 Å². The van der Waals surface area contributed by atoms with Crippen LogP contribution in [0.25, 0.3) is 0 Å². The molecule has 3 atom stereocenters. The van der Waals surface area contributed by atoms with Crippen molar-refractivity contribution in [3.8, 4) is 6.07 Å². The SMILES string of the molecule is CC1C[N@+](O)(c2ccc(N3CCC(C(C#N)CO)CC3)c(F)c2)C(=O)O1. The molecule has 2 heterocycles. The van der Waals surface area contributed by atoms with Crippen LogP contribution in [0.1, 0.15) is 19.8 Å². The van der Waals surface area contributed by atoms with Gasteiger partial charge in [0.1, 0.15) is 0 Å². The number of piperidine rings is 1. The second kappa shape index (κ2) is 7.19. The first-order chi connectivity index (χ1) is 12.4. The number of halogens is 1. The third kappa shape index (κ3) is 3.26. The fraction of sp³-hybridized carbons (Fsp3) is 0.556. The molecule has 0 radical (unpaired) electrons. The normalized spacial score (nSPS) is 27.9. The zero-order chi connectivity index (χ0) is 18.9. The van der Waals surface area contributed by atoms with Gasteiger partial charge in [0.25, 0.3) is 0 Å². The first-order valence-corrected chi connectivity index (χ1v) is 8.76. The van der Waals surface area contributed by atoms with Crippen molar-refractivity contribution < 1.29 is 24.2 Å². The van der Waals surface area contributed by atoms with Gasteiger partial charge in [0.15, 0.2) is 24.2 Å². The van der Waals surface area contributed by atoms with E-state index >= 15 is 0 Å². The molecule has 140 valence electrons. The number of carbonyl (C=O) groups is 1. The quantitative estimate of drug-likeness (QED) is 0.629. The van der Waals surface area contributed by atoms with Crippen LogP contribution in [0.5, 0.6) is 0 Å². The lowest BCUT2D eigenvalue weighted by molar-refractivity contribution is -0.0236. The number of rotatable bonds is 4. The summed E-state index contributed by atoms with van der Waals surface area (Å²) in [5.41, 5.74) is 0.539. The number of cyclic esters (lactones) is 1. The molecular formula is C18H23FN3O4+. The minimum absolute atomic E-state index is 0.0414. The Labute approximate surface area is 151 Å². The summed E-state index contributed by atoms with van der Waals surface area (Å²) in [7, 11) is 0. The predicted molar refractivity (Wildman–Crippen MR) is 91.9 cm³/mol. The number of nitrogens with zero attached hydrogens (tertiary/aromatic N) is 3. The smallest absolute Gasteiger partial charge is 0.408 e. The van der Waals surface area contributed by atoms with Crippen LogP contribution in [0.2, 0.25) is 0 Å². The van der Waals surface area contributed by atoms with Crippen LogP contribution in [-0.2, 0) is 4.74 Å². The molecule has 2 aliphatic rings. The van der Waals surface area contributed by atoms with Crippen molar-refractivity contribution in [3.63, 3.8) is 0 Å². The summed E-state index contributed by atoms with van der Waals surface area (Å²) >= 11 is 0. The molecule has 0 aliphatic carbocycles. The molecule has 0 saturated carbocycles. The van der Waals surface area contributed by atoms with Gasteiger partial charge in [-0.1, -0.05) is 0 Å². The third-order valence-electron chi connectivity index (χ3n) is 5.30. The molecule has 0 aromatic heterocycles. The number of carbonyl (C=O) groups excluding carboxylic acids is 1. The number of benzene rings is 1. The summed E-state index contributed by atoms with van der Waals surface area (Å²) < 4.78 is 18.6. The van der Waals surface area contributed by atoms with Crippen molar-refractivity contribution >= 4 is 17.5 Å². The van der Waals surface area contributed by atoms with Crippen molar-refractivity contribution in [1.82, 2.24) is 4.65 Å². The van der Waals surface area contributed by atoms with Gasteiger partial charge in [-0.05, 0) is 36.4 Å². The Hall–Kier alpha value is -2.21. The van der Waals surface area contributed by atoms with E-state index in [1.165, 1.54) is 12.1 Å². The van der Waals surface area contributed by atoms with Crippen LogP contribution < -0.4 is 9.55 Å². The highest BCUT2D eigenvalue weighted by atomic mass is 19.1. The largest absolute Gasteiger partial charge is 0.555 e. The van der Waals surface area contributed by atoms with Crippen LogP contribution in [0, 0.1) is 29.0 Å². The van der Waals surface area contributed by atoms with E-state index in [9.17, 15) is 19.5 Å². The van der Waals surface area contributed by atoms with E-state index in [4.69, 9.17) is 10.00 Å². The molecule has 2 fully saturated rings. The Bertz CT molecular complexity index is 730. The highest BCUT2D eigenvalue weighted by molar-refractivity contribution is 5.82. The second-order valence-electron chi connectivity index (χ2n) is 7.02. The molecule has 2 unspecified atom stereocenters. The topological polar surface area (TPSA) is 93.8 Å². The maximum absolute atomic E-state index is 14.7. The molecule has 8 heteroatoms. The van der Waals surface area contributed by atoms with E-state index in [-0.39, 0.29) is 30.7 Å². The Morgan fingerprint density at radius 3 is 2.65 bits per heavy atom. The summed E-state index contributed by atoms with van der Waals surface area (Å²) in [5.74, 6) is -0.791. The molecule has 7 nitrogen and oxygen atoms in total. The van der Waals surface area contributed by atoms with Gasteiger partial charge >= 0.3 is 6.09 Å². The standard InChI is InChI=1S/C18H23FN3O4/c1-12-10-22(25,18(24)26-12)15-2-3-17(16(19)8-15)21-6-4-13(5-7-21)14(9-20)11-23/h2-3,8,12-14,23,25H,4-7,10-11H2,1H3/q+1/t12?,14?,22-/m0/s1. The number of aliphatic hydroxyl groups is 1. The monoisotopic (exact) mass is 364 g/mol. The Morgan fingerprint density at radius 1 is 1.46 bits per heavy atom. The van der Waals surface area contributed by atoms with Gasteiger partial charge in [0, 0.05) is 25.2 Å². The fourth-order valence-corrected chi connectivity index (χ4v) is 3.77. The Balaban J connectivity index is 1.74. The van der Waals surface area contributed by atoms with Crippen molar-refractivity contribution in [2.24, 2.45) is 11.8 Å². The van der Waals surface area contributed by atoms with Gasteiger partial charge in [-0.15, -0.1) is 0 Å². The maximum Gasteiger partial charge on any atom is 0.555 e. The number of amides is 1. The maximum atomic E-state index is 14.7. The minimum atomic E-state index is -1.05. The number of aliphatic hydroxyl groups excluding tert-OH is 1. The molecule has 1 aromatic carbocycles. The number of nitriles is 1. The number of hydroxylamine groups is 2. The van der Waals surface area contributed by atoms with E-state index in [0.717, 1.165) is 0 Å². The molecule has 0 bridgehead atoms. The van der Waals surface area contributed by atoms with Crippen molar-refractivity contribution in [3.05, 3.63) is 24.0 Å². The van der Waals surface area contributed by atoms with E-state index in [0.29, 0.717) is 31.6 Å². The molecule has 1 amide bonds. The van der Waals surface area contributed by atoms with Crippen LogP contribution in [0.4, 0.5) is 20.6 Å². The van der Waals surface area contributed by atoms with Gasteiger partial charge in [-0.2, -0.15) is 10.1 Å². The Kier molecular flexibility index (Phi) is 5.14. The van der Waals surface area contributed by atoms with Crippen LogP contribution in [0.3, 0.4) is 0 Å². The van der Waals surface area contributed by atoms with E-state index in [2.05, 4.69) is 6.07 Å². The molecule has 1 aromatic rings. The highest BCUT2D eigenvalue weighted by Gasteiger charge is 2.50. The van der Waals surface area contributed by atoms with Crippen molar-refractivity contribution in [2.75, 3.05) is 31.1 Å². The second-order valence-corrected chi connectivity index (χ2v) is 7.02. The summed E-state index contributed by atoms with van der Waals surface area (Å²) in [4.78, 5) is 13.8. The number of ether oxygens (including phenoxy) is 1. The summed E-state index contributed by atoms with van der Waals surface area (Å²) in [5, 5.41) is 28.8. The van der Waals surface area contributed by atoms with E-state index in [1.54, 1.807) is 13.0 Å². The molecule has 3 rings (SSSR count). The molecule has 2 saturated heterocycles. The molecule has 2 aliphatic heterocycles. The zero-order valence-electron chi connectivity index (χ0n) is 14.6. The van der Waals surface area contributed by atoms with Gasteiger partial charge in [0.2, 0.25) is 0 Å². The lowest BCUT2D eigenvalue weighted by Crippen LogP contribution is -2.47. The van der Waals surface area contributed by atoms with Crippen molar-refractivity contribution in [2.45, 2.75) is 25.9 Å². The summed E-state index contributed by atoms with van der Waals surface area (Å²) in [6, 6.07) is 6.39. The lowest BCUT2D eigenvalue weighted by atomic mass is 9.85. The van der Waals surface area contributed by atoms with Gasteiger partial charge in [0.05, 0.1) is 24.3 Å². The Morgan fingerprint density at radius 2 is 2.15 bits per heavy atom. The average Bonchev–Trinajstić information content (AvgIpc) is 2.89. The lowest BCUT2D eigenvalue weighted by Gasteiger charge is -2.35. The van der Waals surface area contributed by atoms with E-state index in [1.807, 2.05) is 4.90 Å². The van der Waals surface area contributed by atoms with Gasteiger partial charge in [-0.25, -0.2) is 9.60 Å². The molecule has 26 heavy (non-hydrogen) atoms. The summed E-state index contributed by atoms with van der Waals surface area (Å²) in [6.45, 7) is 2.72. The first kappa shape index (κ1) is 18.6. The zero-order valence-corrected chi connectivity index (χ0v) is 14.6. The van der Waals surface area contributed by atoms with Crippen LogP contribution in [-0.4, -0.2) is 48.8 Å². The number of hydrogen-bond acceptors (Lipinski definition) is 6.